The Kier molecular flexibility index (Phi) is 4.19. The van der Waals surface area contributed by atoms with Gasteiger partial charge in [-0.25, -0.2) is 4.98 Å². The average Bonchev–Trinajstić information content (AvgIpc) is 3.03. The smallest absolute Gasteiger partial charge is 0.206 e. The maximum Gasteiger partial charge on any atom is 0.206 e. The van der Waals surface area contributed by atoms with Gasteiger partial charge in [0.1, 0.15) is 9.71 Å². The summed E-state index contributed by atoms with van der Waals surface area (Å²) in [5.41, 5.74) is 9.37. The number of fused-ring (bicyclic) bond motifs is 1. The van der Waals surface area contributed by atoms with E-state index in [0.717, 1.165) is 28.1 Å². The van der Waals surface area contributed by atoms with E-state index in [4.69, 9.17) is 10.5 Å². The zero-order valence-corrected chi connectivity index (χ0v) is 14.2. The molecule has 0 bridgehead atoms. The zero-order valence-electron chi connectivity index (χ0n) is 13.4. The summed E-state index contributed by atoms with van der Waals surface area (Å²) in [6.07, 6.45) is 1.71. The van der Waals surface area contributed by atoms with Crippen LogP contribution in [0.2, 0.25) is 0 Å². The lowest BCUT2D eigenvalue weighted by Gasteiger charge is -2.08. The van der Waals surface area contributed by atoms with Crippen LogP contribution < -0.4 is 5.73 Å². The molecule has 0 atom stereocenters. The number of nitrogens with zero attached hydrogens (tertiary/aromatic N) is 2. The van der Waals surface area contributed by atoms with Crippen molar-refractivity contribution in [2.45, 2.75) is 20.4 Å². The van der Waals surface area contributed by atoms with E-state index in [0.29, 0.717) is 22.7 Å². The van der Waals surface area contributed by atoms with Crippen LogP contribution in [0.4, 0.5) is 5.69 Å². The second-order valence-electron chi connectivity index (χ2n) is 5.46. The maximum atomic E-state index is 13.0. The highest BCUT2D eigenvalue weighted by Gasteiger charge is 2.22. The topological polar surface area (TPSA) is 70.1 Å². The summed E-state index contributed by atoms with van der Waals surface area (Å²) in [7, 11) is 1.67. The molecule has 0 aliphatic heterocycles. The number of aryl methyl sites for hydroxylation is 1. The van der Waals surface area contributed by atoms with Crippen molar-refractivity contribution < 1.29 is 9.53 Å². The first-order valence-electron chi connectivity index (χ1n) is 7.38. The highest BCUT2D eigenvalue weighted by molar-refractivity contribution is 7.21. The highest BCUT2D eigenvalue weighted by atomic mass is 32.1. The summed E-state index contributed by atoms with van der Waals surface area (Å²) in [5.74, 6) is -0.0396. The number of ether oxygens (including phenoxy) is 1. The number of thiophene rings is 1. The number of nitrogens with two attached hydrogens (primary N) is 1. The molecule has 0 fully saturated rings. The number of ketones is 1. The normalized spacial score (nSPS) is 11.3. The van der Waals surface area contributed by atoms with Crippen LogP contribution in [0, 0.1) is 13.8 Å². The highest BCUT2D eigenvalue weighted by Crippen LogP contribution is 2.34. The van der Waals surface area contributed by atoms with Crippen LogP contribution in [0.3, 0.4) is 0 Å². The lowest BCUT2D eigenvalue weighted by Crippen LogP contribution is -2.09. The van der Waals surface area contributed by atoms with Gasteiger partial charge in [-0.3, -0.25) is 4.79 Å². The first-order chi connectivity index (χ1) is 11.0. The van der Waals surface area contributed by atoms with Crippen LogP contribution in [-0.2, 0) is 11.3 Å². The molecule has 0 amide bonds. The molecule has 3 aromatic heterocycles. The SMILES string of the molecule is COCCn1c(C)cc(C(=O)c2sc3ncccc3c2N)c1C. The van der Waals surface area contributed by atoms with Crippen LogP contribution >= 0.6 is 11.3 Å². The number of methoxy groups -OCH3 is 1. The van der Waals surface area contributed by atoms with Crippen molar-refractivity contribution in [1.29, 1.82) is 0 Å². The number of pyridine rings is 1. The van der Waals surface area contributed by atoms with E-state index in [-0.39, 0.29) is 5.78 Å². The second kappa shape index (κ2) is 6.14. The van der Waals surface area contributed by atoms with Gasteiger partial charge < -0.3 is 15.0 Å². The van der Waals surface area contributed by atoms with Gasteiger partial charge in [-0.15, -0.1) is 11.3 Å². The van der Waals surface area contributed by atoms with Gasteiger partial charge in [-0.05, 0) is 32.0 Å². The van der Waals surface area contributed by atoms with Gasteiger partial charge in [-0.1, -0.05) is 0 Å². The fraction of sp³-hybridized carbons (Fsp3) is 0.294. The van der Waals surface area contributed by atoms with Crippen molar-refractivity contribution >= 4 is 33.0 Å². The van der Waals surface area contributed by atoms with Gasteiger partial charge in [0.2, 0.25) is 5.78 Å². The Morgan fingerprint density at radius 3 is 2.91 bits per heavy atom. The maximum absolute atomic E-state index is 13.0. The summed E-state index contributed by atoms with van der Waals surface area (Å²) < 4.78 is 7.23. The monoisotopic (exact) mass is 329 g/mol. The Balaban J connectivity index is 2.04. The number of aromatic nitrogens is 2. The molecule has 3 aromatic rings. The molecule has 0 spiro atoms. The number of rotatable bonds is 5. The summed E-state index contributed by atoms with van der Waals surface area (Å²) in [4.78, 5) is 18.6. The third-order valence-corrected chi connectivity index (χ3v) is 5.18. The largest absolute Gasteiger partial charge is 0.397 e. The zero-order chi connectivity index (χ0) is 16.6. The Morgan fingerprint density at radius 1 is 1.43 bits per heavy atom. The number of hydrogen-bond acceptors (Lipinski definition) is 5. The van der Waals surface area contributed by atoms with Crippen molar-refractivity contribution in [2.75, 3.05) is 19.5 Å². The first-order valence-corrected chi connectivity index (χ1v) is 8.19. The third-order valence-electron chi connectivity index (χ3n) is 4.05. The van der Waals surface area contributed by atoms with Gasteiger partial charge >= 0.3 is 0 Å². The molecule has 120 valence electrons. The Morgan fingerprint density at radius 2 is 2.22 bits per heavy atom. The minimum Gasteiger partial charge on any atom is -0.397 e. The molecule has 3 rings (SSSR count). The van der Waals surface area contributed by atoms with Crippen LogP contribution in [0.5, 0.6) is 0 Å². The molecule has 0 unspecified atom stereocenters. The van der Waals surface area contributed by atoms with E-state index in [9.17, 15) is 4.79 Å². The summed E-state index contributed by atoms with van der Waals surface area (Å²) in [6, 6.07) is 5.65. The molecule has 0 aliphatic rings. The summed E-state index contributed by atoms with van der Waals surface area (Å²) in [5, 5.41) is 0.842. The van der Waals surface area contributed by atoms with Crippen molar-refractivity contribution in [2.24, 2.45) is 0 Å². The van der Waals surface area contributed by atoms with Crippen LogP contribution in [0.1, 0.15) is 26.6 Å². The summed E-state index contributed by atoms with van der Waals surface area (Å²) in [6.45, 7) is 5.29. The Bertz CT molecular complexity index is 879. The molecular weight excluding hydrogens is 310 g/mol. The van der Waals surface area contributed by atoms with Crippen LogP contribution in [0.15, 0.2) is 24.4 Å². The predicted molar refractivity (Wildman–Crippen MR) is 93.2 cm³/mol. The third kappa shape index (κ3) is 2.64. The molecule has 3 heterocycles. The Hall–Kier alpha value is -2.18. The average molecular weight is 329 g/mol. The van der Waals surface area contributed by atoms with Crippen molar-refractivity contribution in [3.05, 3.63) is 46.2 Å². The molecule has 5 nitrogen and oxygen atoms in total. The van der Waals surface area contributed by atoms with Crippen molar-refractivity contribution in [3.63, 3.8) is 0 Å². The number of anilines is 1. The molecule has 0 aromatic carbocycles. The quantitative estimate of drug-likeness (QED) is 0.730. The van der Waals surface area contributed by atoms with Gasteiger partial charge in [0, 0.05) is 42.2 Å². The van der Waals surface area contributed by atoms with E-state index in [1.165, 1.54) is 11.3 Å². The van der Waals surface area contributed by atoms with E-state index in [2.05, 4.69) is 9.55 Å². The second-order valence-corrected chi connectivity index (χ2v) is 6.46. The van der Waals surface area contributed by atoms with E-state index < -0.39 is 0 Å². The molecule has 2 N–H and O–H groups in total. The van der Waals surface area contributed by atoms with E-state index in [1.54, 1.807) is 13.3 Å². The number of carbonyl (C=O) groups is 1. The van der Waals surface area contributed by atoms with Crippen molar-refractivity contribution in [1.82, 2.24) is 9.55 Å². The molecule has 23 heavy (non-hydrogen) atoms. The van der Waals surface area contributed by atoms with Gasteiger partial charge in [-0.2, -0.15) is 0 Å². The minimum absolute atomic E-state index is 0.0396. The Labute approximate surface area is 138 Å². The number of hydrogen-bond donors (Lipinski definition) is 1. The van der Waals surface area contributed by atoms with E-state index in [1.807, 2.05) is 32.0 Å². The van der Waals surface area contributed by atoms with Crippen LogP contribution in [0.25, 0.3) is 10.2 Å². The van der Waals surface area contributed by atoms with Gasteiger partial charge in [0.25, 0.3) is 0 Å². The lowest BCUT2D eigenvalue weighted by atomic mass is 10.1. The minimum atomic E-state index is -0.0396. The molecule has 0 saturated carbocycles. The molecule has 6 heteroatoms. The predicted octanol–water partition coefficient (Wildman–Crippen LogP) is 3.17. The first kappa shape index (κ1) is 15.7. The van der Waals surface area contributed by atoms with Crippen molar-refractivity contribution in [3.8, 4) is 0 Å². The number of carbonyl (C=O) groups excluding carboxylic acids is 1. The molecule has 0 saturated heterocycles. The fourth-order valence-corrected chi connectivity index (χ4v) is 3.82. The molecular formula is C17H19N3O2S. The van der Waals surface area contributed by atoms with Gasteiger partial charge in [0.15, 0.2) is 0 Å². The summed E-state index contributed by atoms with van der Waals surface area (Å²) >= 11 is 1.35. The van der Waals surface area contributed by atoms with Gasteiger partial charge in [0.05, 0.1) is 12.3 Å². The number of nitrogen functional groups attached to an aromatic ring is 1. The molecule has 0 aliphatic carbocycles. The lowest BCUT2D eigenvalue weighted by molar-refractivity contribution is 0.104. The van der Waals surface area contributed by atoms with E-state index >= 15 is 0 Å². The standard InChI is InChI=1S/C17H19N3O2S/c1-10-9-13(11(2)20(10)7-8-22-3)15(21)16-14(18)12-5-4-6-19-17(12)23-16/h4-6,9H,7-8,18H2,1-3H3. The molecule has 0 radical (unpaired) electrons. The van der Waals surface area contributed by atoms with Crippen LogP contribution in [-0.4, -0.2) is 29.1 Å². The fourth-order valence-electron chi connectivity index (χ4n) is 2.80.